The lowest BCUT2D eigenvalue weighted by Gasteiger charge is -2.09. The van der Waals surface area contributed by atoms with Crippen LogP contribution in [-0.4, -0.2) is 11.1 Å². The third-order valence-corrected chi connectivity index (χ3v) is 3.36. The molecule has 0 aliphatic heterocycles. The molecule has 0 unspecified atom stereocenters. The molecule has 3 nitrogen and oxygen atoms in total. The fraction of sp³-hybridized carbons (Fsp3) is 0.0714. The second kappa shape index (κ2) is 6.17. The third kappa shape index (κ3) is 3.55. The van der Waals surface area contributed by atoms with Crippen LogP contribution in [0.2, 0.25) is 0 Å². The lowest BCUT2D eigenvalue weighted by Crippen LogP contribution is -2.05. The predicted octanol–water partition coefficient (Wildman–Crippen LogP) is 4.18. The van der Waals surface area contributed by atoms with Gasteiger partial charge in [-0.05, 0) is 39.7 Å². The van der Waals surface area contributed by atoms with Crippen LogP contribution in [0.1, 0.15) is 15.9 Å². The van der Waals surface area contributed by atoms with Crippen LogP contribution in [0, 0.1) is 17.5 Å². The lowest BCUT2D eigenvalue weighted by molar-refractivity contribution is 0.0692. The van der Waals surface area contributed by atoms with E-state index in [4.69, 9.17) is 5.11 Å². The standard InChI is InChI=1S/C14H9BrF3NO2/c15-9-4-13(12(18)5-11(9)17)19-6-7-1-2-8(14(20)21)10(16)3-7/h1-5,19H,6H2,(H,20,21). The van der Waals surface area contributed by atoms with Crippen molar-refractivity contribution in [3.63, 3.8) is 0 Å². The number of nitrogens with one attached hydrogen (secondary N) is 1. The van der Waals surface area contributed by atoms with E-state index in [1.165, 1.54) is 12.1 Å². The average Bonchev–Trinajstić information content (AvgIpc) is 2.41. The highest BCUT2D eigenvalue weighted by Gasteiger charge is 2.11. The number of anilines is 1. The highest BCUT2D eigenvalue weighted by molar-refractivity contribution is 9.10. The molecule has 0 aliphatic rings. The highest BCUT2D eigenvalue weighted by atomic mass is 79.9. The summed E-state index contributed by atoms with van der Waals surface area (Å²) in [6, 6.07) is 5.54. The van der Waals surface area contributed by atoms with Gasteiger partial charge in [-0.3, -0.25) is 0 Å². The fourth-order valence-corrected chi connectivity index (χ4v) is 2.04. The van der Waals surface area contributed by atoms with Crippen LogP contribution in [0.5, 0.6) is 0 Å². The van der Waals surface area contributed by atoms with Crippen LogP contribution in [-0.2, 0) is 6.54 Å². The first-order valence-electron chi connectivity index (χ1n) is 5.78. The van der Waals surface area contributed by atoms with Crippen LogP contribution < -0.4 is 5.32 Å². The maximum Gasteiger partial charge on any atom is 0.338 e. The van der Waals surface area contributed by atoms with Gasteiger partial charge in [0.1, 0.15) is 17.5 Å². The number of hydrogen-bond donors (Lipinski definition) is 2. The molecule has 2 N–H and O–H groups in total. The number of carbonyl (C=O) groups is 1. The minimum Gasteiger partial charge on any atom is -0.478 e. The minimum atomic E-state index is -1.36. The molecule has 21 heavy (non-hydrogen) atoms. The van der Waals surface area contributed by atoms with E-state index in [0.29, 0.717) is 5.56 Å². The number of aromatic carboxylic acids is 1. The van der Waals surface area contributed by atoms with Gasteiger partial charge in [0.2, 0.25) is 0 Å². The molecule has 110 valence electrons. The summed E-state index contributed by atoms with van der Waals surface area (Å²) >= 11 is 2.94. The van der Waals surface area contributed by atoms with Crippen molar-refractivity contribution in [2.24, 2.45) is 0 Å². The zero-order chi connectivity index (χ0) is 15.6. The Bertz CT molecular complexity index is 707. The van der Waals surface area contributed by atoms with E-state index in [-0.39, 0.29) is 16.7 Å². The summed E-state index contributed by atoms with van der Waals surface area (Å²) in [5, 5.41) is 11.4. The molecule has 2 rings (SSSR count). The maximum absolute atomic E-state index is 13.5. The summed E-state index contributed by atoms with van der Waals surface area (Å²) in [6.45, 7) is 0.0613. The molecule has 0 saturated heterocycles. The van der Waals surface area contributed by atoms with Gasteiger partial charge in [0, 0.05) is 12.6 Å². The molecule has 0 radical (unpaired) electrons. The molecule has 7 heteroatoms. The molecule has 0 spiro atoms. The van der Waals surface area contributed by atoms with E-state index in [2.05, 4.69) is 21.2 Å². The number of halogens is 4. The zero-order valence-electron chi connectivity index (χ0n) is 10.5. The van der Waals surface area contributed by atoms with Crippen LogP contribution in [0.3, 0.4) is 0 Å². The van der Waals surface area contributed by atoms with Gasteiger partial charge >= 0.3 is 5.97 Å². The van der Waals surface area contributed by atoms with Gasteiger partial charge in [-0.15, -0.1) is 0 Å². The summed E-state index contributed by atoms with van der Waals surface area (Å²) in [7, 11) is 0. The van der Waals surface area contributed by atoms with Crippen LogP contribution in [0.4, 0.5) is 18.9 Å². The molecule has 0 amide bonds. The van der Waals surface area contributed by atoms with Crippen molar-refractivity contribution in [2.75, 3.05) is 5.32 Å². The van der Waals surface area contributed by atoms with Crippen molar-refractivity contribution in [3.05, 3.63) is 63.4 Å². The van der Waals surface area contributed by atoms with Crippen molar-refractivity contribution in [3.8, 4) is 0 Å². The van der Waals surface area contributed by atoms with Gasteiger partial charge in [0.05, 0.1) is 15.7 Å². The van der Waals surface area contributed by atoms with E-state index in [1.54, 1.807) is 0 Å². The molecule has 0 fully saturated rings. The number of carboxylic acids is 1. The predicted molar refractivity (Wildman–Crippen MR) is 74.7 cm³/mol. The normalized spacial score (nSPS) is 10.5. The molecular formula is C14H9BrF3NO2. The Kier molecular flexibility index (Phi) is 4.52. The quantitative estimate of drug-likeness (QED) is 0.805. The number of carboxylic acid groups (broad SMARTS) is 1. The van der Waals surface area contributed by atoms with Gasteiger partial charge in [-0.25, -0.2) is 18.0 Å². The van der Waals surface area contributed by atoms with Crippen molar-refractivity contribution in [1.29, 1.82) is 0 Å². The summed E-state index contributed by atoms with van der Waals surface area (Å²) in [5.74, 6) is -3.74. The Morgan fingerprint density at radius 1 is 1.10 bits per heavy atom. The first kappa shape index (κ1) is 15.4. The summed E-state index contributed by atoms with van der Waals surface area (Å²) < 4.78 is 40.2. The van der Waals surface area contributed by atoms with Gasteiger partial charge in [-0.2, -0.15) is 0 Å². The van der Waals surface area contributed by atoms with Crippen LogP contribution >= 0.6 is 15.9 Å². The molecule has 2 aromatic rings. The van der Waals surface area contributed by atoms with Gasteiger partial charge in [-0.1, -0.05) is 6.07 Å². The van der Waals surface area contributed by atoms with E-state index in [0.717, 1.165) is 18.2 Å². The largest absolute Gasteiger partial charge is 0.478 e. The minimum absolute atomic E-state index is 0.0472. The van der Waals surface area contributed by atoms with E-state index in [1.807, 2.05) is 0 Å². The summed E-state index contributed by atoms with van der Waals surface area (Å²) in [6.07, 6.45) is 0. The molecule has 0 atom stereocenters. The second-order valence-electron chi connectivity index (χ2n) is 4.22. The number of hydrogen-bond acceptors (Lipinski definition) is 2. The molecule has 0 bridgehead atoms. The van der Waals surface area contributed by atoms with Crippen LogP contribution in [0.15, 0.2) is 34.8 Å². The Morgan fingerprint density at radius 2 is 1.81 bits per heavy atom. The number of rotatable bonds is 4. The molecule has 0 heterocycles. The van der Waals surface area contributed by atoms with Crippen molar-refractivity contribution in [1.82, 2.24) is 0 Å². The maximum atomic E-state index is 13.5. The molecular weight excluding hydrogens is 351 g/mol. The Hall–Kier alpha value is -2.02. The van der Waals surface area contributed by atoms with Gasteiger partial charge in [0.15, 0.2) is 0 Å². The summed E-state index contributed by atoms with van der Waals surface area (Å²) in [4.78, 5) is 10.7. The Balaban J connectivity index is 2.15. The van der Waals surface area contributed by atoms with E-state index >= 15 is 0 Å². The Morgan fingerprint density at radius 3 is 2.43 bits per heavy atom. The first-order valence-corrected chi connectivity index (χ1v) is 6.58. The molecule has 2 aromatic carbocycles. The second-order valence-corrected chi connectivity index (χ2v) is 5.07. The molecule has 0 saturated carbocycles. The van der Waals surface area contributed by atoms with Gasteiger partial charge in [0.25, 0.3) is 0 Å². The fourth-order valence-electron chi connectivity index (χ4n) is 1.70. The van der Waals surface area contributed by atoms with E-state index in [9.17, 15) is 18.0 Å². The zero-order valence-corrected chi connectivity index (χ0v) is 12.0. The topological polar surface area (TPSA) is 49.3 Å². The third-order valence-electron chi connectivity index (χ3n) is 2.76. The Labute approximate surface area is 126 Å². The average molecular weight is 360 g/mol. The van der Waals surface area contributed by atoms with Crippen molar-refractivity contribution >= 4 is 27.6 Å². The number of benzene rings is 2. The SMILES string of the molecule is O=C(O)c1ccc(CNc2cc(Br)c(F)cc2F)cc1F. The summed E-state index contributed by atoms with van der Waals surface area (Å²) in [5.41, 5.74) is 0.0396. The van der Waals surface area contributed by atoms with Crippen molar-refractivity contribution < 1.29 is 23.1 Å². The molecule has 0 aliphatic carbocycles. The first-order chi connectivity index (χ1) is 9.88. The smallest absolute Gasteiger partial charge is 0.338 e. The van der Waals surface area contributed by atoms with Crippen LogP contribution in [0.25, 0.3) is 0 Å². The van der Waals surface area contributed by atoms with Gasteiger partial charge < -0.3 is 10.4 Å². The molecule has 0 aromatic heterocycles. The lowest BCUT2D eigenvalue weighted by atomic mass is 10.1. The van der Waals surface area contributed by atoms with Crippen molar-refractivity contribution in [2.45, 2.75) is 6.54 Å². The highest BCUT2D eigenvalue weighted by Crippen LogP contribution is 2.24. The monoisotopic (exact) mass is 359 g/mol. The van der Waals surface area contributed by atoms with E-state index < -0.39 is 29.0 Å².